The van der Waals surface area contributed by atoms with Crippen molar-refractivity contribution in [3.63, 3.8) is 0 Å². The highest BCUT2D eigenvalue weighted by molar-refractivity contribution is 5.85. The summed E-state index contributed by atoms with van der Waals surface area (Å²) in [6, 6.07) is 4.46. The van der Waals surface area contributed by atoms with Gasteiger partial charge in [0.2, 0.25) is 0 Å². The second kappa shape index (κ2) is 9.79. The van der Waals surface area contributed by atoms with E-state index in [1.54, 1.807) is 12.1 Å². The van der Waals surface area contributed by atoms with E-state index in [9.17, 15) is 4.39 Å². The molecule has 2 aromatic carbocycles. The van der Waals surface area contributed by atoms with E-state index in [0.717, 1.165) is 30.7 Å². The molecule has 0 N–H and O–H groups in total. The van der Waals surface area contributed by atoms with Gasteiger partial charge in [-0.1, -0.05) is 44.7 Å². The molecule has 31 heavy (non-hydrogen) atoms. The zero-order valence-corrected chi connectivity index (χ0v) is 18.7. The van der Waals surface area contributed by atoms with Gasteiger partial charge < -0.3 is 0 Å². The van der Waals surface area contributed by atoms with E-state index in [4.69, 9.17) is 0 Å². The van der Waals surface area contributed by atoms with Crippen LogP contribution in [0.15, 0.2) is 30.9 Å². The van der Waals surface area contributed by atoms with E-state index in [1.165, 1.54) is 50.7 Å². The molecule has 0 aliphatic heterocycles. The number of unbranched alkanes of at least 4 members (excludes halogenated alkanes) is 1. The van der Waals surface area contributed by atoms with E-state index in [-0.39, 0.29) is 16.9 Å². The Bertz CT molecular complexity index is 932. The van der Waals surface area contributed by atoms with Crippen LogP contribution in [-0.4, -0.2) is 0 Å². The van der Waals surface area contributed by atoms with Crippen LogP contribution < -0.4 is 0 Å². The molecule has 2 saturated carbocycles. The smallest absolute Gasteiger partial charge is 0.140 e. The van der Waals surface area contributed by atoms with Crippen LogP contribution in [0.3, 0.4) is 0 Å². The van der Waals surface area contributed by atoms with E-state index < -0.39 is 17.5 Å². The third-order valence-electron chi connectivity index (χ3n) is 7.91. The minimum atomic E-state index is -0.678. The molecule has 0 saturated heterocycles. The Hall–Kier alpha value is -1.77. The highest BCUT2D eigenvalue weighted by atomic mass is 19.1. The van der Waals surface area contributed by atoms with Gasteiger partial charge in [-0.05, 0) is 91.7 Å². The van der Waals surface area contributed by atoms with Gasteiger partial charge in [-0.25, -0.2) is 13.2 Å². The molecule has 0 bridgehead atoms. The Labute approximate surface area is 184 Å². The van der Waals surface area contributed by atoms with Gasteiger partial charge in [-0.3, -0.25) is 0 Å². The molecule has 168 valence electrons. The maximum Gasteiger partial charge on any atom is 0.140 e. The van der Waals surface area contributed by atoms with Crippen molar-refractivity contribution in [2.24, 2.45) is 17.8 Å². The minimum Gasteiger partial charge on any atom is -0.207 e. The first-order valence-corrected chi connectivity index (χ1v) is 12.2. The fourth-order valence-electron chi connectivity index (χ4n) is 6.28. The van der Waals surface area contributed by atoms with Crippen LogP contribution in [0.4, 0.5) is 13.2 Å². The Morgan fingerprint density at radius 2 is 1.74 bits per heavy atom. The molecular formula is C28H35F3. The Morgan fingerprint density at radius 3 is 2.52 bits per heavy atom. The van der Waals surface area contributed by atoms with E-state index in [2.05, 4.69) is 13.5 Å². The molecular weight excluding hydrogens is 393 g/mol. The second-order valence-electron chi connectivity index (χ2n) is 9.94. The number of fused-ring (bicyclic) bond motifs is 2. The molecule has 0 aromatic heterocycles. The summed E-state index contributed by atoms with van der Waals surface area (Å²) in [5, 5.41) is 0.270. The monoisotopic (exact) mass is 428 g/mol. The van der Waals surface area contributed by atoms with E-state index in [1.807, 2.05) is 0 Å². The van der Waals surface area contributed by atoms with E-state index >= 15 is 8.78 Å². The summed E-state index contributed by atoms with van der Waals surface area (Å²) in [7, 11) is 0. The maximum atomic E-state index is 15.5. The normalized spacial score (nSPS) is 26.1. The summed E-state index contributed by atoms with van der Waals surface area (Å²) in [5.74, 6) is 0.169. The summed E-state index contributed by atoms with van der Waals surface area (Å²) in [6.07, 6.45) is 13.4. The molecule has 2 aliphatic rings. The lowest BCUT2D eigenvalue weighted by molar-refractivity contribution is 0.112. The number of hydrogen-bond donors (Lipinski definition) is 0. The van der Waals surface area contributed by atoms with Crippen LogP contribution in [0.25, 0.3) is 10.8 Å². The van der Waals surface area contributed by atoms with Crippen molar-refractivity contribution < 1.29 is 13.2 Å². The number of aryl methyl sites for hydroxylation is 1. The van der Waals surface area contributed by atoms with Crippen molar-refractivity contribution in [1.82, 2.24) is 0 Å². The molecule has 4 atom stereocenters. The number of halogens is 3. The van der Waals surface area contributed by atoms with Crippen LogP contribution in [0.1, 0.15) is 88.2 Å². The van der Waals surface area contributed by atoms with Crippen molar-refractivity contribution in [2.45, 2.75) is 83.5 Å². The predicted octanol–water partition coefficient (Wildman–Crippen LogP) is 8.87. The molecule has 4 rings (SSSR count). The van der Waals surface area contributed by atoms with Gasteiger partial charge in [0.15, 0.2) is 0 Å². The highest BCUT2D eigenvalue weighted by Crippen LogP contribution is 2.49. The highest BCUT2D eigenvalue weighted by Gasteiger charge is 2.37. The molecule has 0 amide bonds. The summed E-state index contributed by atoms with van der Waals surface area (Å²) < 4.78 is 45.5. The summed E-state index contributed by atoms with van der Waals surface area (Å²) >= 11 is 0. The summed E-state index contributed by atoms with van der Waals surface area (Å²) in [6.45, 7) is 5.93. The Balaban J connectivity index is 1.56. The lowest BCUT2D eigenvalue weighted by atomic mass is 9.63. The van der Waals surface area contributed by atoms with Gasteiger partial charge in [0, 0.05) is 5.56 Å². The molecule has 3 heteroatoms. The minimum absolute atomic E-state index is 0.0517. The van der Waals surface area contributed by atoms with Gasteiger partial charge >= 0.3 is 0 Å². The van der Waals surface area contributed by atoms with Gasteiger partial charge in [0.1, 0.15) is 17.5 Å². The zero-order chi connectivity index (χ0) is 22.0. The Kier molecular flexibility index (Phi) is 7.08. The van der Waals surface area contributed by atoms with Crippen molar-refractivity contribution in [2.75, 3.05) is 0 Å². The predicted molar refractivity (Wildman–Crippen MR) is 123 cm³/mol. The van der Waals surface area contributed by atoms with Gasteiger partial charge in [0.25, 0.3) is 0 Å². The summed E-state index contributed by atoms with van der Waals surface area (Å²) in [4.78, 5) is 0. The lowest BCUT2D eigenvalue weighted by Crippen LogP contribution is -2.31. The molecule has 2 aromatic rings. The third kappa shape index (κ3) is 4.71. The molecule has 0 radical (unpaired) electrons. The maximum absolute atomic E-state index is 15.5. The fraction of sp³-hybridized carbons (Fsp3) is 0.571. The van der Waals surface area contributed by atoms with Gasteiger partial charge in [0.05, 0.1) is 5.39 Å². The molecule has 2 fully saturated rings. The van der Waals surface area contributed by atoms with Crippen molar-refractivity contribution in [1.29, 1.82) is 0 Å². The fourth-order valence-corrected chi connectivity index (χ4v) is 6.28. The molecule has 0 nitrogen and oxygen atoms in total. The van der Waals surface area contributed by atoms with Crippen LogP contribution >= 0.6 is 0 Å². The van der Waals surface area contributed by atoms with Gasteiger partial charge in [-0.15, -0.1) is 6.58 Å². The first-order valence-electron chi connectivity index (χ1n) is 12.2. The second-order valence-corrected chi connectivity index (χ2v) is 9.94. The number of allylic oxidation sites excluding steroid dienone is 1. The van der Waals surface area contributed by atoms with Crippen LogP contribution in [0, 0.1) is 35.2 Å². The van der Waals surface area contributed by atoms with Crippen LogP contribution in [0.2, 0.25) is 0 Å². The SMILES string of the molecule is C=CCCc1cc(F)c2c(F)c([C@@H]3CC[C@@H]4CC(CCCC)CCC4C3)c(F)cc2c1. The van der Waals surface area contributed by atoms with Crippen molar-refractivity contribution in [3.05, 3.63) is 59.4 Å². The summed E-state index contributed by atoms with van der Waals surface area (Å²) in [5.41, 5.74) is 0.869. The topological polar surface area (TPSA) is 0 Å². The molecule has 2 aliphatic carbocycles. The average molecular weight is 429 g/mol. The standard InChI is InChI=1S/C28H35F3/c1-3-5-7-18-9-10-21-16-22(12-11-20(21)13-18)26-25(30)17-23-14-19(8-6-4-2)15-24(29)27(23)28(26)31/h4,14-15,17-18,20-22H,2-3,5-13,16H2,1H3/t18?,20-,21?,22-/m1/s1. The average Bonchev–Trinajstić information content (AvgIpc) is 2.75. The third-order valence-corrected chi connectivity index (χ3v) is 7.91. The molecule has 2 unspecified atom stereocenters. The first kappa shape index (κ1) is 22.4. The van der Waals surface area contributed by atoms with Gasteiger partial charge in [-0.2, -0.15) is 0 Å². The van der Waals surface area contributed by atoms with Crippen LogP contribution in [-0.2, 0) is 6.42 Å². The first-order chi connectivity index (χ1) is 15.0. The lowest BCUT2D eigenvalue weighted by Gasteiger charge is -2.42. The van der Waals surface area contributed by atoms with Crippen LogP contribution in [0.5, 0.6) is 0 Å². The van der Waals surface area contributed by atoms with Crippen molar-refractivity contribution in [3.8, 4) is 0 Å². The van der Waals surface area contributed by atoms with E-state index in [0.29, 0.717) is 30.1 Å². The zero-order valence-electron chi connectivity index (χ0n) is 18.7. The largest absolute Gasteiger partial charge is 0.207 e. The number of hydrogen-bond acceptors (Lipinski definition) is 0. The quantitative estimate of drug-likeness (QED) is 0.386. The number of benzene rings is 2. The molecule has 0 heterocycles. The Morgan fingerprint density at radius 1 is 0.968 bits per heavy atom. The number of rotatable bonds is 7. The molecule has 0 spiro atoms. The van der Waals surface area contributed by atoms with Crippen molar-refractivity contribution >= 4 is 10.8 Å².